The lowest BCUT2D eigenvalue weighted by molar-refractivity contribution is 0.480. The summed E-state index contributed by atoms with van der Waals surface area (Å²) in [5.41, 5.74) is 19.1. The zero-order valence-electron chi connectivity index (χ0n) is 7.18. The molecule has 0 bridgehead atoms. The fourth-order valence-corrected chi connectivity index (χ4v) is 1.06. The van der Waals surface area contributed by atoms with Crippen LogP contribution in [-0.4, -0.2) is 5.11 Å². The zero-order chi connectivity index (χ0) is 9.46. The van der Waals surface area contributed by atoms with Gasteiger partial charge in [-0.1, -0.05) is 0 Å². The van der Waals surface area contributed by atoms with Crippen molar-refractivity contribution in [2.45, 2.75) is 13.8 Å². The Morgan fingerprint density at radius 3 is 1.75 bits per heavy atom. The van der Waals surface area contributed by atoms with Gasteiger partial charge in [-0.25, -0.2) is 0 Å². The van der Waals surface area contributed by atoms with E-state index in [0.717, 1.165) is 11.1 Å². The number of aromatic hydroxyl groups is 1. The number of nitrogen functional groups attached to an aromatic ring is 3. The van der Waals surface area contributed by atoms with Crippen molar-refractivity contribution < 1.29 is 5.11 Å². The molecule has 0 atom stereocenters. The summed E-state index contributed by atoms with van der Waals surface area (Å²) in [4.78, 5) is 0. The van der Waals surface area contributed by atoms with Crippen LogP contribution >= 0.6 is 0 Å². The fraction of sp³-hybridized carbons (Fsp3) is 0.250. The van der Waals surface area contributed by atoms with Crippen LogP contribution in [-0.2, 0) is 0 Å². The van der Waals surface area contributed by atoms with Crippen LogP contribution in [0.3, 0.4) is 0 Å². The Hall–Kier alpha value is -1.58. The Kier molecular flexibility index (Phi) is 1.76. The van der Waals surface area contributed by atoms with Crippen molar-refractivity contribution in [2.75, 3.05) is 17.2 Å². The van der Waals surface area contributed by atoms with Crippen molar-refractivity contribution in [3.8, 4) is 5.75 Å². The molecule has 0 radical (unpaired) electrons. The lowest BCUT2D eigenvalue weighted by Crippen LogP contribution is -2.03. The van der Waals surface area contributed by atoms with Crippen LogP contribution in [0.1, 0.15) is 11.1 Å². The maximum absolute atomic E-state index is 9.36. The van der Waals surface area contributed by atoms with Crippen LogP contribution in [0.5, 0.6) is 5.75 Å². The molecular formula is C8H13N3O. The lowest BCUT2D eigenvalue weighted by Gasteiger charge is -2.12. The summed E-state index contributed by atoms with van der Waals surface area (Å²) in [6.07, 6.45) is 0. The average Bonchev–Trinajstić information content (AvgIpc) is 2.08. The van der Waals surface area contributed by atoms with Gasteiger partial charge in [-0.15, -0.1) is 0 Å². The Balaban J connectivity index is 3.60. The summed E-state index contributed by atoms with van der Waals surface area (Å²) >= 11 is 0. The van der Waals surface area contributed by atoms with Gasteiger partial charge in [0, 0.05) is 0 Å². The number of phenols is 1. The van der Waals surface area contributed by atoms with Crippen molar-refractivity contribution >= 4 is 17.1 Å². The van der Waals surface area contributed by atoms with Crippen LogP contribution in [0.4, 0.5) is 17.1 Å². The van der Waals surface area contributed by atoms with Crippen molar-refractivity contribution in [3.05, 3.63) is 11.1 Å². The molecule has 0 saturated heterocycles. The van der Waals surface area contributed by atoms with E-state index >= 15 is 0 Å². The molecule has 0 unspecified atom stereocenters. The Morgan fingerprint density at radius 2 is 1.25 bits per heavy atom. The molecule has 0 aliphatic rings. The summed E-state index contributed by atoms with van der Waals surface area (Å²) < 4.78 is 0. The molecule has 4 heteroatoms. The minimum absolute atomic E-state index is 0.115. The van der Waals surface area contributed by atoms with Gasteiger partial charge in [-0.2, -0.15) is 0 Å². The molecule has 0 aliphatic heterocycles. The Morgan fingerprint density at radius 1 is 0.833 bits per heavy atom. The summed E-state index contributed by atoms with van der Waals surface area (Å²) in [6, 6.07) is 0. The van der Waals surface area contributed by atoms with Crippen LogP contribution in [0.15, 0.2) is 0 Å². The van der Waals surface area contributed by atoms with Crippen LogP contribution in [0, 0.1) is 13.8 Å². The average molecular weight is 167 g/mol. The van der Waals surface area contributed by atoms with Gasteiger partial charge >= 0.3 is 0 Å². The van der Waals surface area contributed by atoms with Crippen molar-refractivity contribution in [1.82, 2.24) is 0 Å². The van der Waals surface area contributed by atoms with Gasteiger partial charge in [-0.3, -0.25) is 0 Å². The molecule has 0 fully saturated rings. The second-order valence-electron chi connectivity index (χ2n) is 2.84. The number of anilines is 3. The molecule has 12 heavy (non-hydrogen) atoms. The number of hydrogen-bond acceptors (Lipinski definition) is 4. The normalized spacial score (nSPS) is 10.2. The Labute approximate surface area is 71.0 Å². The first-order chi connectivity index (χ1) is 5.46. The molecule has 0 aromatic heterocycles. The summed E-state index contributed by atoms with van der Waals surface area (Å²) in [5.74, 6) is -0.115. The maximum atomic E-state index is 9.36. The number of hydrogen-bond donors (Lipinski definition) is 4. The Bertz CT molecular complexity index is 229. The number of rotatable bonds is 0. The molecular weight excluding hydrogens is 154 g/mol. The van der Waals surface area contributed by atoms with Gasteiger partial charge in [0.15, 0.2) is 5.75 Å². The largest absolute Gasteiger partial charge is 0.504 e. The summed E-state index contributed by atoms with van der Waals surface area (Å²) in [7, 11) is 0. The predicted octanol–water partition coefficient (Wildman–Crippen LogP) is 0.756. The second-order valence-corrected chi connectivity index (χ2v) is 2.84. The third-order valence-corrected chi connectivity index (χ3v) is 2.17. The van der Waals surface area contributed by atoms with Gasteiger partial charge in [0.2, 0.25) is 0 Å². The topological polar surface area (TPSA) is 98.3 Å². The van der Waals surface area contributed by atoms with E-state index in [-0.39, 0.29) is 11.4 Å². The molecule has 0 amide bonds. The van der Waals surface area contributed by atoms with E-state index in [0.29, 0.717) is 11.4 Å². The minimum Gasteiger partial charge on any atom is -0.504 e. The van der Waals surface area contributed by atoms with Gasteiger partial charge in [0.25, 0.3) is 0 Å². The monoisotopic (exact) mass is 167 g/mol. The zero-order valence-corrected chi connectivity index (χ0v) is 7.18. The minimum atomic E-state index is -0.115. The fourth-order valence-electron chi connectivity index (χ4n) is 1.06. The van der Waals surface area contributed by atoms with Crippen LogP contribution in [0.2, 0.25) is 0 Å². The summed E-state index contributed by atoms with van der Waals surface area (Å²) in [6.45, 7) is 3.61. The number of phenolic OH excluding ortho intramolecular Hbond substituents is 1. The first-order valence-corrected chi connectivity index (χ1v) is 3.59. The standard InChI is InChI=1S/C8H13N3O/c1-3-4(2)6(10)8(12)7(11)5(3)9/h12H,9-11H2,1-2H3. The molecule has 0 saturated carbocycles. The number of benzene rings is 1. The maximum Gasteiger partial charge on any atom is 0.164 e. The van der Waals surface area contributed by atoms with E-state index < -0.39 is 0 Å². The van der Waals surface area contributed by atoms with E-state index in [9.17, 15) is 5.11 Å². The van der Waals surface area contributed by atoms with E-state index in [2.05, 4.69) is 0 Å². The van der Waals surface area contributed by atoms with Gasteiger partial charge in [-0.05, 0) is 25.0 Å². The molecule has 1 aromatic rings. The van der Waals surface area contributed by atoms with Crippen molar-refractivity contribution in [3.63, 3.8) is 0 Å². The van der Waals surface area contributed by atoms with Crippen molar-refractivity contribution in [2.24, 2.45) is 0 Å². The quantitative estimate of drug-likeness (QED) is 0.338. The molecule has 4 nitrogen and oxygen atoms in total. The second kappa shape index (κ2) is 2.48. The molecule has 7 N–H and O–H groups in total. The van der Waals surface area contributed by atoms with Crippen molar-refractivity contribution in [1.29, 1.82) is 0 Å². The lowest BCUT2D eigenvalue weighted by atomic mass is 10.0. The molecule has 0 heterocycles. The van der Waals surface area contributed by atoms with E-state index in [4.69, 9.17) is 17.2 Å². The first-order valence-electron chi connectivity index (χ1n) is 3.59. The first kappa shape index (κ1) is 8.52. The highest BCUT2D eigenvalue weighted by atomic mass is 16.3. The molecule has 1 rings (SSSR count). The smallest absolute Gasteiger partial charge is 0.164 e. The molecule has 0 aliphatic carbocycles. The van der Waals surface area contributed by atoms with Gasteiger partial charge in [0.1, 0.15) is 0 Å². The van der Waals surface area contributed by atoms with E-state index in [1.165, 1.54) is 0 Å². The number of nitrogens with two attached hydrogens (primary N) is 3. The SMILES string of the molecule is Cc1c(C)c(N)c(O)c(N)c1N. The van der Waals surface area contributed by atoms with Gasteiger partial charge < -0.3 is 22.3 Å². The van der Waals surface area contributed by atoms with E-state index in [1.54, 1.807) is 6.92 Å². The summed E-state index contributed by atoms with van der Waals surface area (Å²) in [5, 5.41) is 9.36. The third kappa shape index (κ3) is 0.922. The third-order valence-electron chi connectivity index (χ3n) is 2.17. The molecule has 66 valence electrons. The highest BCUT2D eigenvalue weighted by molar-refractivity contribution is 5.83. The molecule has 1 aromatic carbocycles. The predicted molar refractivity (Wildman–Crippen MR) is 50.8 cm³/mol. The molecule has 0 spiro atoms. The van der Waals surface area contributed by atoms with Crippen LogP contribution < -0.4 is 17.2 Å². The van der Waals surface area contributed by atoms with Gasteiger partial charge in [0.05, 0.1) is 17.1 Å². The highest BCUT2D eigenvalue weighted by Gasteiger charge is 2.12. The highest BCUT2D eigenvalue weighted by Crippen LogP contribution is 2.38. The van der Waals surface area contributed by atoms with E-state index in [1.807, 2.05) is 6.92 Å². The van der Waals surface area contributed by atoms with Crippen LogP contribution in [0.25, 0.3) is 0 Å².